The molecule has 0 saturated carbocycles. The molecule has 0 aliphatic rings. The Balaban J connectivity index is 1.76. The number of benzene rings is 2. The van der Waals surface area contributed by atoms with Crippen LogP contribution in [0.1, 0.15) is 32.9 Å². The minimum Gasteiger partial charge on any atom is -0.545 e. The molecule has 0 atom stereocenters. The van der Waals surface area contributed by atoms with E-state index < -0.39 is 5.97 Å². The van der Waals surface area contributed by atoms with Gasteiger partial charge in [0.05, 0.1) is 12.2 Å². The third-order valence-corrected chi connectivity index (χ3v) is 4.01. The number of ether oxygens (including phenoxy) is 1. The van der Waals surface area contributed by atoms with Crippen molar-refractivity contribution in [3.05, 3.63) is 75.3 Å². The summed E-state index contributed by atoms with van der Waals surface area (Å²) in [5, 5.41) is 21.9. The van der Waals surface area contributed by atoms with Crippen LogP contribution in [0.25, 0.3) is 0 Å². The van der Waals surface area contributed by atoms with E-state index in [2.05, 4.69) is 21.4 Å². The molecule has 0 fully saturated rings. The molecule has 0 aliphatic heterocycles. The zero-order valence-electron chi connectivity index (χ0n) is 14.8. The average molecular weight is 381 g/mol. The van der Waals surface area contributed by atoms with E-state index in [1.807, 2.05) is 26.0 Å². The van der Waals surface area contributed by atoms with E-state index in [0.717, 1.165) is 16.9 Å². The molecule has 2 aromatic carbocycles. The molecule has 138 valence electrons. The van der Waals surface area contributed by atoms with E-state index in [0.29, 0.717) is 16.2 Å². The number of nitrogens with zero attached hydrogens (tertiary/aromatic N) is 3. The number of carboxylic acids is 1. The van der Waals surface area contributed by atoms with Gasteiger partial charge in [0.2, 0.25) is 4.77 Å². The summed E-state index contributed by atoms with van der Waals surface area (Å²) in [4.78, 5) is 10.8. The van der Waals surface area contributed by atoms with Gasteiger partial charge in [-0.15, -0.1) is 0 Å². The second-order valence-electron chi connectivity index (χ2n) is 6.02. The fraction of sp³-hybridized carbons (Fsp3) is 0.158. The van der Waals surface area contributed by atoms with Gasteiger partial charge in [-0.1, -0.05) is 30.3 Å². The lowest BCUT2D eigenvalue weighted by Crippen LogP contribution is -2.21. The van der Waals surface area contributed by atoms with Crippen LogP contribution < -0.4 is 9.84 Å². The molecular weight excluding hydrogens is 364 g/mol. The SMILES string of the molecule is Cc1cc(C)cc(OCc2n[nH]c(=S)n2/N=C\c2ccc(C(=O)[O-])cc2)c1. The molecule has 3 aromatic rings. The van der Waals surface area contributed by atoms with Crippen LogP contribution in [-0.2, 0) is 6.61 Å². The van der Waals surface area contributed by atoms with Gasteiger partial charge in [0.15, 0.2) is 5.82 Å². The van der Waals surface area contributed by atoms with E-state index in [1.54, 1.807) is 18.3 Å². The molecule has 0 radical (unpaired) electrons. The first kappa shape index (κ1) is 18.5. The molecule has 0 saturated heterocycles. The molecule has 3 rings (SSSR count). The van der Waals surface area contributed by atoms with Gasteiger partial charge in [-0.25, -0.2) is 5.10 Å². The van der Waals surface area contributed by atoms with Gasteiger partial charge >= 0.3 is 0 Å². The second-order valence-corrected chi connectivity index (χ2v) is 6.41. The van der Waals surface area contributed by atoms with Crippen LogP contribution in [-0.4, -0.2) is 27.1 Å². The fourth-order valence-corrected chi connectivity index (χ4v) is 2.73. The van der Waals surface area contributed by atoms with Gasteiger partial charge in [0, 0.05) is 0 Å². The number of aromatic amines is 1. The first-order valence-corrected chi connectivity index (χ1v) is 8.56. The number of hydrogen-bond donors (Lipinski definition) is 1. The summed E-state index contributed by atoms with van der Waals surface area (Å²) in [5.74, 6) is 0.0398. The molecule has 0 spiro atoms. The highest BCUT2D eigenvalue weighted by Gasteiger charge is 2.07. The van der Waals surface area contributed by atoms with Crippen molar-refractivity contribution in [2.45, 2.75) is 20.5 Å². The summed E-state index contributed by atoms with van der Waals surface area (Å²) in [6, 6.07) is 12.1. The number of H-pyrrole nitrogens is 1. The summed E-state index contributed by atoms with van der Waals surface area (Å²) >= 11 is 5.21. The predicted molar refractivity (Wildman–Crippen MR) is 101 cm³/mol. The lowest BCUT2D eigenvalue weighted by Gasteiger charge is -2.07. The van der Waals surface area contributed by atoms with Crippen LogP contribution in [0.4, 0.5) is 0 Å². The maximum atomic E-state index is 10.8. The van der Waals surface area contributed by atoms with Crippen molar-refractivity contribution < 1.29 is 14.6 Å². The Labute approximate surface area is 160 Å². The van der Waals surface area contributed by atoms with Crippen molar-refractivity contribution >= 4 is 24.4 Å². The number of rotatable bonds is 6. The first-order valence-electron chi connectivity index (χ1n) is 8.15. The number of carbonyl (C=O) groups is 1. The minimum atomic E-state index is -1.22. The first-order chi connectivity index (χ1) is 12.9. The molecule has 0 unspecified atom stereocenters. The number of hydrogen-bond acceptors (Lipinski definition) is 6. The summed E-state index contributed by atoms with van der Waals surface area (Å²) in [6.07, 6.45) is 1.56. The van der Waals surface area contributed by atoms with Crippen molar-refractivity contribution in [2.75, 3.05) is 0 Å². The largest absolute Gasteiger partial charge is 0.545 e. The van der Waals surface area contributed by atoms with Crippen LogP contribution in [0.15, 0.2) is 47.6 Å². The van der Waals surface area contributed by atoms with Crippen molar-refractivity contribution in [1.29, 1.82) is 0 Å². The molecule has 27 heavy (non-hydrogen) atoms. The van der Waals surface area contributed by atoms with Crippen molar-refractivity contribution in [1.82, 2.24) is 14.9 Å². The number of aromatic nitrogens is 3. The summed E-state index contributed by atoms with van der Waals surface area (Å²) in [5.41, 5.74) is 3.04. The lowest BCUT2D eigenvalue weighted by molar-refractivity contribution is -0.255. The standard InChI is InChI=1S/C19H18N4O3S/c1-12-7-13(2)9-16(8-12)26-11-17-21-22-19(27)23(17)20-10-14-3-5-15(6-4-14)18(24)25/h3-10H,11H2,1-2H3,(H,22,27)(H,24,25)/p-1/b20-10-. The summed E-state index contributed by atoms with van der Waals surface area (Å²) in [6.45, 7) is 4.20. The number of aromatic carboxylic acids is 1. The molecule has 0 amide bonds. The molecule has 0 aliphatic carbocycles. The Kier molecular flexibility index (Phi) is 5.46. The molecule has 0 bridgehead atoms. The zero-order chi connectivity index (χ0) is 19.4. The van der Waals surface area contributed by atoms with E-state index >= 15 is 0 Å². The molecule has 1 heterocycles. The van der Waals surface area contributed by atoms with Crippen LogP contribution >= 0.6 is 12.2 Å². The fourth-order valence-electron chi connectivity index (χ4n) is 2.53. The van der Waals surface area contributed by atoms with Crippen molar-refractivity contribution in [3.8, 4) is 5.75 Å². The third kappa shape index (κ3) is 4.68. The topological polar surface area (TPSA) is 95.3 Å². The second kappa shape index (κ2) is 7.96. The van der Waals surface area contributed by atoms with E-state index in [-0.39, 0.29) is 12.2 Å². The van der Waals surface area contributed by atoms with Gasteiger partial charge in [-0.2, -0.15) is 14.9 Å². The van der Waals surface area contributed by atoms with Gasteiger partial charge in [0.1, 0.15) is 12.4 Å². The van der Waals surface area contributed by atoms with Gasteiger partial charge < -0.3 is 14.6 Å². The Hall–Kier alpha value is -3.26. The Morgan fingerprint density at radius 1 is 1.26 bits per heavy atom. The Bertz CT molecular complexity index is 1030. The minimum absolute atomic E-state index is 0.106. The predicted octanol–water partition coefficient (Wildman–Crippen LogP) is 2.38. The van der Waals surface area contributed by atoms with Crippen LogP contribution in [0.5, 0.6) is 5.75 Å². The highest BCUT2D eigenvalue weighted by atomic mass is 32.1. The summed E-state index contributed by atoms with van der Waals surface area (Å²) < 4.78 is 7.60. The molecule has 1 N–H and O–H groups in total. The van der Waals surface area contributed by atoms with Crippen molar-refractivity contribution in [2.24, 2.45) is 5.10 Å². The van der Waals surface area contributed by atoms with Gasteiger partial charge in [0.25, 0.3) is 0 Å². The van der Waals surface area contributed by atoms with Crippen LogP contribution in [0.3, 0.4) is 0 Å². The normalized spacial score (nSPS) is 11.0. The van der Waals surface area contributed by atoms with E-state index in [9.17, 15) is 9.90 Å². The molecule has 7 nitrogen and oxygen atoms in total. The smallest absolute Gasteiger partial charge is 0.216 e. The van der Waals surface area contributed by atoms with Crippen LogP contribution in [0, 0.1) is 18.6 Å². The third-order valence-electron chi connectivity index (χ3n) is 3.75. The van der Waals surface area contributed by atoms with E-state index in [4.69, 9.17) is 17.0 Å². The number of carboxylic acid groups (broad SMARTS) is 1. The summed E-state index contributed by atoms with van der Waals surface area (Å²) in [7, 11) is 0. The number of aryl methyl sites for hydroxylation is 2. The highest BCUT2D eigenvalue weighted by molar-refractivity contribution is 7.71. The van der Waals surface area contributed by atoms with Crippen molar-refractivity contribution in [3.63, 3.8) is 0 Å². The highest BCUT2D eigenvalue weighted by Crippen LogP contribution is 2.17. The van der Waals surface area contributed by atoms with Gasteiger partial charge in [-0.05, 0) is 60.5 Å². The number of nitrogens with one attached hydrogen (secondary N) is 1. The monoisotopic (exact) mass is 381 g/mol. The molecule has 8 heteroatoms. The van der Waals surface area contributed by atoms with E-state index in [1.165, 1.54) is 16.8 Å². The quantitative estimate of drug-likeness (QED) is 0.522. The maximum absolute atomic E-state index is 10.8. The average Bonchev–Trinajstić information content (AvgIpc) is 2.97. The number of carbonyl (C=O) groups excluding carboxylic acids is 1. The maximum Gasteiger partial charge on any atom is 0.216 e. The van der Waals surface area contributed by atoms with Gasteiger partial charge in [-0.3, -0.25) is 0 Å². The molecule has 1 aromatic heterocycles. The zero-order valence-corrected chi connectivity index (χ0v) is 15.6. The van der Waals surface area contributed by atoms with Crippen LogP contribution in [0.2, 0.25) is 0 Å². The Morgan fingerprint density at radius 2 is 1.93 bits per heavy atom. The lowest BCUT2D eigenvalue weighted by atomic mass is 10.1. The Morgan fingerprint density at radius 3 is 2.56 bits per heavy atom. The molecular formula is C19H17N4O3S-.